The summed E-state index contributed by atoms with van der Waals surface area (Å²) < 4.78 is 0. The Morgan fingerprint density at radius 2 is 1.33 bits per heavy atom. The van der Waals surface area contributed by atoms with E-state index >= 15 is 0 Å². The largest absolute Gasteiger partial charge is 0.480 e. The van der Waals surface area contributed by atoms with E-state index in [1.807, 2.05) is 0 Å². The van der Waals surface area contributed by atoms with E-state index in [0.29, 0.717) is 19.4 Å². The summed E-state index contributed by atoms with van der Waals surface area (Å²) >= 11 is 0. The van der Waals surface area contributed by atoms with Gasteiger partial charge in [-0.15, -0.1) is 0 Å². The first-order chi connectivity index (χ1) is 14.2. The molecule has 0 spiro atoms. The molecule has 0 aliphatic rings. The van der Waals surface area contributed by atoms with Crippen molar-refractivity contribution in [3.63, 3.8) is 0 Å². The van der Waals surface area contributed by atoms with Crippen LogP contribution in [0, 0.1) is 0 Å². The van der Waals surface area contributed by atoms with Crippen LogP contribution >= 0.6 is 0 Å². The number of carboxylic acids is 1. The average molecular weight is 434 g/mol. The fourth-order valence-electron chi connectivity index (χ4n) is 2.20. The number of rotatable bonds is 15. The first-order valence-corrected chi connectivity index (χ1v) is 9.21. The summed E-state index contributed by atoms with van der Waals surface area (Å²) in [7, 11) is 0. The highest BCUT2D eigenvalue weighted by molar-refractivity contribution is 5.93. The number of nitrogens with one attached hydrogen (secondary N) is 4. The summed E-state index contributed by atoms with van der Waals surface area (Å²) in [6.45, 7) is -2.21. The van der Waals surface area contributed by atoms with Crippen molar-refractivity contribution in [3.8, 4) is 0 Å². The van der Waals surface area contributed by atoms with Crippen molar-refractivity contribution in [2.75, 3.05) is 32.8 Å². The Kier molecular flexibility index (Phi) is 13.7. The van der Waals surface area contributed by atoms with Crippen LogP contribution in [-0.2, 0) is 24.0 Å². The summed E-state index contributed by atoms with van der Waals surface area (Å²) in [5, 5.41) is 36.2. The van der Waals surface area contributed by atoms with Gasteiger partial charge in [0.15, 0.2) is 0 Å². The topological polar surface area (TPSA) is 246 Å². The quantitative estimate of drug-likeness (QED) is 0.111. The molecule has 0 aliphatic heterocycles. The second-order valence-electron chi connectivity index (χ2n) is 6.21. The summed E-state index contributed by atoms with van der Waals surface area (Å²) in [6.07, 6.45) is 1.15. The molecule has 0 bridgehead atoms. The standard InChI is InChI=1S/C16H30N6O8/c17-4-2-1-3-9(16(29)30)22-15(28)11(8-24)21-13(26)6-19-14(27)10(7-23)20-12(25)5-18/h9-11,23-24H,1-8,17-18H2,(H,19,27)(H,20,25)(H,21,26)(H,22,28)(H,29,30)/t9-,10-,11-/m0/s1. The fraction of sp³-hybridized carbons (Fsp3) is 0.688. The number of carboxylic acid groups (broad SMARTS) is 1. The highest BCUT2D eigenvalue weighted by atomic mass is 16.4. The number of aliphatic carboxylic acids is 1. The lowest BCUT2D eigenvalue weighted by molar-refractivity contribution is -0.142. The molecular weight excluding hydrogens is 404 g/mol. The minimum absolute atomic E-state index is 0.123. The maximum Gasteiger partial charge on any atom is 0.326 e. The molecule has 0 radical (unpaired) electrons. The summed E-state index contributed by atoms with van der Waals surface area (Å²) in [4.78, 5) is 58.3. The number of hydrogen-bond donors (Lipinski definition) is 9. The zero-order valence-corrected chi connectivity index (χ0v) is 16.4. The van der Waals surface area contributed by atoms with Crippen LogP contribution in [0.4, 0.5) is 0 Å². The third-order valence-electron chi connectivity index (χ3n) is 3.84. The summed E-state index contributed by atoms with van der Waals surface area (Å²) in [5.74, 6) is -4.62. The van der Waals surface area contributed by atoms with Gasteiger partial charge in [0, 0.05) is 0 Å². The van der Waals surface area contributed by atoms with Crippen molar-refractivity contribution in [1.29, 1.82) is 0 Å². The maximum absolute atomic E-state index is 12.2. The number of carbonyl (C=O) groups excluding carboxylic acids is 4. The molecule has 172 valence electrons. The zero-order chi connectivity index (χ0) is 23.1. The van der Waals surface area contributed by atoms with Crippen LogP contribution in [0.2, 0.25) is 0 Å². The number of carbonyl (C=O) groups is 5. The molecule has 11 N–H and O–H groups in total. The molecule has 0 saturated heterocycles. The zero-order valence-electron chi connectivity index (χ0n) is 16.4. The molecule has 0 aliphatic carbocycles. The molecule has 0 aromatic rings. The predicted molar refractivity (Wildman–Crippen MR) is 103 cm³/mol. The number of unbranched alkanes of at least 4 members (excludes halogenated alkanes) is 1. The number of amides is 4. The van der Waals surface area contributed by atoms with E-state index < -0.39 is 74.0 Å². The Bertz CT molecular complexity index is 602. The SMILES string of the molecule is NCCCC[C@H](NC(=O)[C@H](CO)NC(=O)CNC(=O)[C@H](CO)NC(=O)CN)C(=O)O. The van der Waals surface area contributed by atoms with Crippen molar-refractivity contribution in [3.05, 3.63) is 0 Å². The predicted octanol–water partition coefficient (Wildman–Crippen LogP) is -5.29. The van der Waals surface area contributed by atoms with Crippen LogP contribution in [0.3, 0.4) is 0 Å². The second kappa shape index (κ2) is 15.1. The number of nitrogens with two attached hydrogens (primary N) is 2. The lowest BCUT2D eigenvalue weighted by atomic mass is 10.1. The smallest absolute Gasteiger partial charge is 0.326 e. The van der Waals surface area contributed by atoms with Crippen molar-refractivity contribution < 1.29 is 39.3 Å². The monoisotopic (exact) mass is 434 g/mol. The molecule has 3 atom stereocenters. The molecule has 0 unspecified atom stereocenters. The van der Waals surface area contributed by atoms with E-state index in [-0.39, 0.29) is 6.42 Å². The van der Waals surface area contributed by atoms with E-state index in [4.69, 9.17) is 21.7 Å². The Hall–Kier alpha value is -2.81. The van der Waals surface area contributed by atoms with Gasteiger partial charge in [0.2, 0.25) is 23.6 Å². The van der Waals surface area contributed by atoms with Crippen LogP contribution in [0.25, 0.3) is 0 Å². The van der Waals surface area contributed by atoms with Crippen LogP contribution in [0.5, 0.6) is 0 Å². The minimum atomic E-state index is -1.45. The lowest BCUT2D eigenvalue weighted by Gasteiger charge is -2.20. The summed E-state index contributed by atoms with van der Waals surface area (Å²) in [5.41, 5.74) is 10.4. The van der Waals surface area contributed by atoms with E-state index in [9.17, 15) is 29.1 Å². The van der Waals surface area contributed by atoms with E-state index in [0.717, 1.165) is 0 Å². The van der Waals surface area contributed by atoms with Crippen molar-refractivity contribution in [2.45, 2.75) is 37.4 Å². The third kappa shape index (κ3) is 10.7. The molecular formula is C16H30N6O8. The van der Waals surface area contributed by atoms with Gasteiger partial charge in [-0.3, -0.25) is 19.2 Å². The van der Waals surface area contributed by atoms with Gasteiger partial charge in [0.25, 0.3) is 0 Å². The van der Waals surface area contributed by atoms with Crippen molar-refractivity contribution in [2.24, 2.45) is 11.5 Å². The molecule has 0 fully saturated rings. The molecule has 14 heteroatoms. The van der Waals surface area contributed by atoms with Gasteiger partial charge in [-0.25, -0.2) is 4.79 Å². The van der Waals surface area contributed by atoms with Gasteiger partial charge in [0.1, 0.15) is 18.1 Å². The van der Waals surface area contributed by atoms with Gasteiger partial charge in [-0.2, -0.15) is 0 Å². The second-order valence-corrected chi connectivity index (χ2v) is 6.21. The highest BCUT2D eigenvalue weighted by Crippen LogP contribution is 2.01. The Balaban J connectivity index is 4.66. The lowest BCUT2D eigenvalue weighted by Crippen LogP contribution is -2.56. The van der Waals surface area contributed by atoms with Gasteiger partial charge < -0.3 is 48.1 Å². The van der Waals surface area contributed by atoms with Crippen molar-refractivity contribution >= 4 is 29.6 Å². The van der Waals surface area contributed by atoms with Crippen LogP contribution in [-0.4, -0.2) is 95.9 Å². The first kappa shape index (κ1) is 27.2. The molecule has 0 aromatic heterocycles. The number of aliphatic hydroxyl groups excluding tert-OH is 2. The minimum Gasteiger partial charge on any atom is -0.480 e. The molecule has 0 rings (SSSR count). The fourth-order valence-corrected chi connectivity index (χ4v) is 2.20. The van der Waals surface area contributed by atoms with Crippen LogP contribution < -0.4 is 32.7 Å². The van der Waals surface area contributed by atoms with E-state index in [1.165, 1.54) is 0 Å². The average Bonchev–Trinajstić information content (AvgIpc) is 2.72. The van der Waals surface area contributed by atoms with E-state index in [1.54, 1.807) is 0 Å². The maximum atomic E-state index is 12.2. The molecule has 0 aromatic carbocycles. The Morgan fingerprint density at radius 1 is 0.767 bits per heavy atom. The number of hydrogen-bond acceptors (Lipinski definition) is 9. The van der Waals surface area contributed by atoms with E-state index in [2.05, 4.69) is 21.3 Å². The normalized spacial score (nSPS) is 13.5. The molecule has 14 nitrogen and oxygen atoms in total. The molecule has 4 amide bonds. The molecule has 30 heavy (non-hydrogen) atoms. The summed E-state index contributed by atoms with van der Waals surface area (Å²) in [6, 6.07) is -3.99. The van der Waals surface area contributed by atoms with Gasteiger partial charge in [-0.1, -0.05) is 0 Å². The first-order valence-electron chi connectivity index (χ1n) is 9.21. The van der Waals surface area contributed by atoms with Crippen LogP contribution in [0.15, 0.2) is 0 Å². The van der Waals surface area contributed by atoms with Gasteiger partial charge >= 0.3 is 5.97 Å². The van der Waals surface area contributed by atoms with Gasteiger partial charge in [-0.05, 0) is 25.8 Å². The Morgan fingerprint density at radius 3 is 1.83 bits per heavy atom. The van der Waals surface area contributed by atoms with Crippen LogP contribution in [0.1, 0.15) is 19.3 Å². The highest BCUT2D eigenvalue weighted by Gasteiger charge is 2.26. The number of aliphatic hydroxyl groups is 2. The molecule has 0 heterocycles. The molecule has 0 saturated carbocycles. The van der Waals surface area contributed by atoms with Gasteiger partial charge in [0.05, 0.1) is 26.3 Å². The Labute approximate surface area is 172 Å². The third-order valence-corrected chi connectivity index (χ3v) is 3.84. The van der Waals surface area contributed by atoms with Crippen molar-refractivity contribution in [1.82, 2.24) is 21.3 Å².